The molecule has 2 aromatic rings. The molecule has 4 heteroatoms. The van der Waals surface area contributed by atoms with Crippen LogP contribution in [0.5, 0.6) is 0 Å². The second-order valence-corrected chi connectivity index (χ2v) is 6.94. The Kier molecular flexibility index (Phi) is 6.07. The van der Waals surface area contributed by atoms with Crippen molar-refractivity contribution >= 4 is 5.91 Å². The molecule has 2 unspecified atom stereocenters. The maximum absolute atomic E-state index is 12.7. The van der Waals surface area contributed by atoms with Crippen LogP contribution >= 0.6 is 0 Å². The molecule has 1 amide bonds. The summed E-state index contributed by atoms with van der Waals surface area (Å²) >= 11 is 0. The molecule has 0 aliphatic carbocycles. The SMILES string of the molecule is CCCCC1(O)C(OCc2ccccc2)CC(=O)N1Cc1ccccc1. The van der Waals surface area contributed by atoms with Gasteiger partial charge in [-0.15, -0.1) is 0 Å². The van der Waals surface area contributed by atoms with E-state index in [0.717, 1.165) is 24.0 Å². The maximum atomic E-state index is 12.7. The summed E-state index contributed by atoms with van der Waals surface area (Å²) in [6.45, 7) is 2.89. The van der Waals surface area contributed by atoms with Crippen molar-refractivity contribution in [1.82, 2.24) is 4.90 Å². The van der Waals surface area contributed by atoms with Crippen LogP contribution in [0.3, 0.4) is 0 Å². The van der Waals surface area contributed by atoms with Crippen molar-refractivity contribution in [3.63, 3.8) is 0 Å². The van der Waals surface area contributed by atoms with Gasteiger partial charge >= 0.3 is 0 Å². The van der Waals surface area contributed by atoms with Crippen LogP contribution in [0.4, 0.5) is 0 Å². The van der Waals surface area contributed by atoms with Crippen molar-refractivity contribution in [3.05, 3.63) is 71.8 Å². The van der Waals surface area contributed by atoms with Crippen LogP contribution in [0.25, 0.3) is 0 Å². The van der Waals surface area contributed by atoms with Crippen LogP contribution in [0, 0.1) is 0 Å². The first-order chi connectivity index (χ1) is 12.6. The molecule has 1 aliphatic heterocycles. The molecule has 0 aromatic heterocycles. The lowest BCUT2D eigenvalue weighted by Crippen LogP contribution is -2.51. The number of hydrogen-bond donors (Lipinski definition) is 1. The highest BCUT2D eigenvalue weighted by Gasteiger charge is 2.51. The highest BCUT2D eigenvalue weighted by Crippen LogP contribution is 2.36. The molecular weight excluding hydrogens is 326 g/mol. The number of amides is 1. The van der Waals surface area contributed by atoms with Gasteiger partial charge in [-0.1, -0.05) is 74.0 Å². The van der Waals surface area contributed by atoms with Crippen molar-refractivity contribution < 1.29 is 14.6 Å². The zero-order valence-corrected chi connectivity index (χ0v) is 15.3. The summed E-state index contributed by atoms with van der Waals surface area (Å²) < 4.78 is 6.03. The van der Waals surface area contributed by atoms with Crippen LogP contribution < -0.4 is 0 Å². The van der Waals surface area contributed by atoms with Gasteiger partial charge in [0.25, 0.3) is 0 Å². The number of carbonyl (C=O) groups is 1. The normalized spacial score (nSPS) is 22.8. The van der Waals surface area contributed by atoms with Gasteiger partial charge in [-0.2, -0.15) is 0 Å². The Morgan fingerprint density at radius 3 is 2.31 bits per heavy atom. The molecular formula is C22H27NO3. The van der Waals surface area contributed by atoms with Crippen LogP contribution in [0.2, 0.25) is 0 Å². The fourth-order valence-electron chi connectivity index (χ4n) is 3.51. The van der Waals surface area contributed by atoms with E-state index in [1.807, 2.05) is 60.7 Å². The van der Waals surface area contributed by atoms with Crippen LogP contribution in [0.1, 0.15) is 43.7 Å². The maximum Gasteiger partial charge on any atom is 0.228 e. The van der Waals surface area contributed by atoms with Crippen molar-refractivity contribution in [2.75, 3.05) is 0 Å². The predicted molar refractivity (Wildman–Crippen MR) is 101 cm³/mol. The number of nitrogens with zero attached hydrogens (tertiary/aromatic N) is 1. The average molecular weight is 353 g/mol. The third kappa shape index (κ3) is 4.14. The van der Waals surface area contributed by atoms with Gasteiger partial charge in [-0.05, 0) is 24.0 Å². The lowest BCUT2D eigenvalue weighted by Gasteiger charge is -2.37. The second kappa shape index (κ2) is 8.47. The van der Waals surface area contributed by atoms with E-state index < -0.39 is 11.8 Å². The molecule has 1 fully saturated rings. The van der Waals surface area contributed by atoms with E-state index in [9.17, 15) is 9.90 Å². The molecule has 0 bridgehead atoms. The van der Waals surface area contributed by atoms with E-state index in [1.54, 1.807) is 4.90 Å². The first kappa shape index (κ1) is 18.6. The Morgan fingerprint density at radius 2 is 1.69 bits per heavy atom. The van der Waals surface area contributed by atoms with Crippen molar-refractivity contribution in [1.29, 1.82) is 0 Å². The number of rotatable bonds is 8. The summed E-state index contributed by atoms with van der Waals surface area (Å²) in [5.41, 5.74) is 0.802. The van der Waals surface area contributed by atoms with E-state index in [1.165, 1.54) is 0 Å². The molecule has 1 aliphatic rings. The fourth-order valence-corrected chi connectivity index (χ4v) is 3.51. The predicted octanol–water partition coefficient (Wildman–Crippen LogP) is 3.88. The molecule has 26 heavy (non-hydrogen) atoms. The fraction of sp³-hybridized carbons (Fsp3) is 0.409. The van der Waals surface area contributed by atoms with Gasteiger partial charge in [0.1, 0.15) is 6.10 Å². The topological polar surface area (TPSA) is 49.8 Å². The quantitative estimate of drug-likeness (QED) is 0.783. The number of ether oxygens (including phenoxy) is 1. The number of hydrogen-bond acceptors (Lipinski definition) is 3. The molecule has 0 saturated carbocycles. The number of aliphatic hydroxyl groups is 1. The molecule has 2 atom stereocenters. The molecule has 1 saturated heterocycles. The van der Waals surface area contributed by atoms with Gasteiger partial charge < -0.3 is 14.7 Å². The zero-order chi connectivity index (χ0) is 18.4. The van der Waals surface area contributed by atoms with Crippen LogP contribution in [-0.2, 0) is 22.7 Å². The van der Waals surface area contributed by atoms with Crippen molar-refractivity contribution in [2.45, 2.75) is 57.6 Å². The van der Waals surface area contributed by atoms with E-state index in [-0.39, 0.29) is 12.3 Å². The Balaban J connectivity index is 1.76. The minimum atomic E-state index is -1.25. The summed E-state index contributed by atoms with van der Waals surface area (Å²) in [5.74, 6) is -0.0504. The monoisotopic (exact) mass is 353 g/mol. The smallest absolute Gasteiger partial charge is 0.228 e. The molecule has 138 valence electrons. The standard InChI is InChI=1S/C22H27NO3/c1-2-3-14-22(25)20(26-17-19-12-8-5-9-13-19)15-21(24)23(22)16-18-10-6-4-7-11-18/h4-13,20,25H,2-3,14-17H2,1H3. The summed E-state index contributed by atoms with van der Waals surface area (Å²) in [4.78, 5) is 14.3. The minimum Gasteiger partial charge on any atom is -0.368 e. The first-order valence-electron chi connectivity index (χ1n) is 9.36. The molecule has 3 rings (SSSR count). The Morgan fingerprint density at radius 1 is 1.08 bits per heavy atom. The zero-order valence-electron chi connectivity index (χ0n) is 15.3. The van der Waals surface area contributed by atoms with Crippen LogP contribution in [-0.4, -0.2) is 27.7 Å². The van der Waals surface area contributed by atoms with Gasteiger partial charge in [0.15, 0.2) is 5.72 Å². The molecule has 1 heterocycles. The minimum absolute atomic E-state index is 0.0504. The van der Waals surface area contributed by atoms with Crippen LogP contribution in [0.15, 0.2) is 60.7 Å². The molecule has 0 spiro atoms. The van der Waals surface area contributed by atoms with Gasteiger partial charge in [0.05, 0.1) is 13.0 Å². The summed E-state index contributed by atoms with van der Waals surface area (Å²) in [6.07, 6.45) is 2.05. The van der Waals surface area contributed by atoms with E-state index in [2.05, 4.69) is 6.92 Å². The summed E-state index contributed by atoms with van der Waals surface area (Å²) in [7, 11) is 0. The number of benzene rings is 2. The second-order valence-electron chi connectivity index (χ2n) is 6.94. The highest BCUT2D eigenvalue weighted by atomic mass is 16.5. The Hall–Kier alpha value is -2.17. The van der Waals surface area contributed by atoms with E-state index in [0.29, 0.717) is 19.6 Å². The number of likely N-dealkylation sites (tertiary alicyclic amines) is 1. The van der Waals surface area contributed by atoms with Gasteiger partial charge in [-0.3, -0.25) is 4.79 Å². The van der Waals surface area contributed by atoms with E-state index >= 15 is 0 Å². The number of unbranched alkanes of at least 4 members (excludes halogenated alkanes) is 1. The summed E-state index contributed by atoms with van der Waals surface area (Å²) in [5, 5.41) is 11.4. The third-order valence-electron chi connectivity index (χ3n) is 5.02. The Labute approximate surface area is 155 Å². The van der Waals surface area contributed by atoms with Crippen molar-refractivity contribution in [3.8, 4) is 0 Å². The largest absolute Gasteiger partial charge is 0.368 e. The lowest BCUT2D eigenvalue weighted by molar-refractivity contribution is -0.177. The molecule has 4 nitrogen and oxygen atoms in total. The average Bonchev–Trinajstić information content (AvgIpc) is 2.91. The van der Waals surface area contributed by atoms with Gasteiger partial charge in [-0.25, -0.2) is 0 Å². The van der Waals surface area contributed by atoms with Gasteiger partial charge in [0, 0.05) is 6.54 Å². The Bertz CT molecular complexity index is 704. The highest BCUT2D eigenvalue weighted by molar-refractivity contribution is 5.80. The van der Waals surface area contributed by atoms with E-state index in [4.69, 9.17) is 4.74 Å². The van der Waals surface area contributed by atoms with Crippen molar-refractivity contribution in [2.24, 2.45) is 0 Å². The first-order valence-corrected chi connectivity index (χ1v) is 9.36. The molecule has 1 N–H and O–H groups in total. The number of carbonyl (C=O) groups excluding carboxylic acids is 1. The molecule has 2 aromatic carbocycles. The lowest BCUT2D eigenvalue weighted by atomic mass is 9.99. The van der Waals surface area contributed by atoms with Gasteiger partial charge in [0.2, 0.25) is 5.91 Å². The summed E-state index contributed by atoms with van der Waals surface area (Å²) in [6, 6.07) is 19.7. The molecule has 0 radical (unpaired) electrons. The third-order valence-corrected chi connectivity index (χ3v) is 5.02.